The number of methoxy groups -OCH3 is 2. The van der Waals surface area contributed by atoms with Crippen molar-refractivity contribution in [2.24, 2.45) is 0 Å². The topological polar surface area (TPSA) is 77.4 Å². The molecule has 1 aliphatic carbocycles. The van der Waals surface area contributed by atoms with Gasteiger partial charge in [-0.2, -0.15) is 0 Å². The minimum absolute atomic E-state index is 0.153. The van der Waals surface area contributed by atoms with Crippen molar-refractivity contribution in [3.8, 4) is 11.5 Å². The summed E-state index contributed by atoms with van der Waals surface area (Å²) in [5.74, 6) is 1.56. The Morgan fingerprint density at radius 1 is 0.828 bits per heavy atom. The van der Waals surface area contributed by atoms with Crippen molar-refractivity contribution in [3.05, 3.63) is 47.0 Å². The maximum atomic E-state index is 10.1. The molecule has 6 nitrogen and oxygen atoms in total. The second-order valence-electron chi connectivity index (χ2n) is 7.43. The van der Waals surface area contributed by atoms with Crippen LogP contribution >= 0.6 is 0 Å². The molecule has 0 saturated heterocycles. The lowest BCUT2D eigenvalue weighted by Gasteiger charge is -2.26. The fourth-order valence-corrected chi connectivity index (χ4v) is 3.68. The number of aliphatic hydroxyl groups excluding tert-OH is 2. The predicted molar refractivity (Wildman–Crippen MR) is 112 cm³/mol. The van der Waals surface area contributed by atoms with E-state index < -0.39 is 12.2 Å². The molecule has 0 radical (unpaired) electrons. The molecular weight excluding hydrogens is 372 g/mol. The van der Waals surface area contributed by atoms with Crippen LogP contribution in [0.2, 0.25) is 0 Å². The smallest absolute Gasteiger partial charge is 0.131 e. The zero-order chi connectivity index (χ0) is 20.8. The van der Waals surface area contributed by atoms with E-state index in [1.54, 1.807) is 14.2 Å². The standard InChI is InChI=1S/C23H30O6/c1-15-8-9-20-21(10-15)23(29-14-17(25)12-27-3)19-7-5-4-6-18(19)22(20)28-13-16(24)11-26-2/h4-8,16-17,24-25H,9-14H2,1-3H3. The molecule has 3 rings (SSSR count). The summed E-state index contributed by atoms with van der Waals surface area (Å²) >= 11 is 0. The van der Waals surface area contributed by atoms with E-state index in [-0.39, 0.29) is 26.4 Å². The van der Waals surface area contributed by atoms with Crippen molar-refractivity contribution in [3.63, 3.8) is 0 Å². The molecule has 0 aliphatic heterocycles. The van der Waals surface area contributed by atoms with Crippen LogP contribution in [-0.2, 0) is 22.3 Å². The van der Waals surface area contributed by atoms with Gasteiger partial charge in [0.25, 0.3) is 0 Å². The van der Waals surface area contributed by atoms with Crippen molar-refractivity contribution in [1.82, 2.24) is 0 Å². The molecule has 0 amide bonds. The van der Waals surface area contributed by atoms with Gasteiger partial charge < -0.3 is 29.2 Å². The zero-order valence-corrected chi connectivity index (χ0v) is 17.3. The first-order valence-electron chi connectivity index (χ1n) is 9.86. The van der Waals surface area contributed by atoms with Crippen molar-refractivity contribution >= 4 is 10.8 Å². The molecule has 0 heterocycles. The Kier molecular flexibility index (Phi) is 7.50. The highest BCUT2D eigenvalue weighted by Crippen LogP contribution is 2.44. The Labute approximate surface area is 171 Å². The van der Waals surface area contributed by atoms with Gasteiger partial charge >= 0.3 is 0 Å². The molecule has 0 aromatic heterocycles. The van der Waals surface area contributed by atoms with Gasteiger partial charge in [0.1, 0.15) is 36.9 Å². The highest BCUT2D eigenvalue weighted by molar-refractivity contribution is 5.96. The Bertz CT molecular complexity index is 860. The van der Waals surface area contributed by atoms with Gasteiger partial charge in [0.05, 0.1) is 13.2 Å². The van der Waals surface area contributed by atoms with Crippen LogP contribution in [0.25, 0.3) is 10.8 Å². The minimum atomic E-state index is -0.699. The van der Waals surface area contributed by atoms with E-state index in [1.807, 2.05) is 24.3 Å². The summed E-state index contributed by atoms with van der Waals surface area (Å²) in [7, 11) is 3.11. The van der Waals surface area contributed by atoms with Crippen LogP contribution in [0.15, 0.2) is 35.9 Å². The average molecular weight is 402 g/mol. The number of fused-ring (bicyclic) bond motifs is 2. The number of benzene rings is 2. The van der Waals surface area contributed by atoms with Gasteiger partial charge in [0.15, 0.2) is 0 Å². The summed E-state index contributed by atoms with van der Waals surface area (Å²) in [6, 6.07) is 7.92. The third-order valence-corrected chi connectivity index (χ3v) is 5.00. The van der Waals surface area contributed by atoms with Crippen LogP contribution in [0.3, 0.4) is 0 Å². The molecule has 0 saturated carbocycles. The van der Waals surface area contributed by atoms with Gasteiger partial charge in [-0.3, -0.25) is 0 Å². The van der Waals surface area contributed by atoms with Crippen LogP contribution in [-0.4, -0.2) is 63.1 Å². The number of ether oxygens (including phenoxy) is 4. The lowest BCUT2D eigenvalue weighted by Crippen LogP contribution is -2.24. The van der Waals surface area contributed by atoms with E-state index in [0.29, 0.717) is 0 Å². The summed E-state index contributed by atoms with van der Waals surface area (Å²) in [4.78, 5) is 0. The molecule has 2 aromatic carbocycles. The van der Waals surface area contributed by atoms with Crippen molar-refractivity contribution in [1.29, 1.82) is 0 Å². The number of aliphatic hydroxyl groups is 2. The fourth-order valence-electron chi connectivity index (χ4n) is 3.68. The van der Waals surface area contributed by atoms with Gasteiger partial charge in [-0.05, 0) is 19.8 Å². The first-order valence-corrected chi connectivity index (χ1v) is 9.86. The quantitative estimate of drug-likeness (QED) is 0.595. The first-order chi connectivity index (χ1) is 14.0. The molecule has 2 unspecified atom stereocenters. The van der Waals surface area contributed by atoms with E-state index in [0.717, 1.165) is 46.2 Å². The number of allylic oxidation sites excluding steroid dienone is 2. The molecular formula is C23H30O6. The number of hydrogen-bond acceptors (Lipinski definition) is 6. The maximum absolute atomic E-state index is 10.1. The Morgan fingerprint density at radius 3 is 1.86 bits per heavy atom. The van der Waals surface area contributed by atoms with Crippen molar-refractivity contribution in [2.45, 2.75) is 32.0 Å². The largest absolute Gasteiger partial charge is 0.490 e. The molecule has 158 valence electrons. The van der Waals surface area contributed by atoms with Gasteiger partial charge in [-0.25, -0.2) is 0 Å². The highest BCUT2D eigenvalue weighted by Gasteiger charge is 2.24. The SMILES string of the molecule is COCC(O)COc1c2c(c(OCC(O)COC)c3ccccc13)CC(C)=CC2. The molecule has 6 heteroatoms. The van der Waals surface area contributed by atoms with Crippen LogP contribution in [0.1, 0.15) is 18.1 Å². The fraction of sp³-hybridized carbons (Fsp3) is 0.478. The molecule has 0 fully saturated rings. The zero-order valence-electron chi connectivity index (χ0n) is 17.3. The second-order valence-corrected chi connectivity index (χ2v) is 7.43. The van der Waals surface area contributed by atoms with E-state index in [9.17, 15) is 10.2 Å². The first kappa shape index (κ1) is 21.6. The molecule has 1 aliphatic rings. The third-order valence-electron chi connectivity index (χ3n) is 5.00. The maximum Gasteiger partial charge on any atom is 0.131 e. The summed E-state index contributed by atoms with van der Waals surface area (Å²) in [5, 5.41) is 22.0. The lowest BCUT2D eigenvalue weighted by atomic mass is 9.87. The van der Waals surface area contributed by atoms with E-state index in [4.69, 9.17) is 18.9 Å². The van der Waals surface area contributed by atoms with Crippen LogP contribution in [0.4, 0.5) is 0 Å². The van der Waals surface area contributed by atoms with Crippen molar-refractivity contribution in [2.75, 3.05) is 40.6 Å². The molecule has 2 atom stereocenters. The van der Waals surface area contributed by atoms with Crippen LogP contribution in [0.5, 0.6) is 11.5 Å². The van der Waals surface area contributed by atoms with Crippen LogP contribution in [0, 0.1) is 0 Å². The molecule has 0 bridgehead atoms. The third kappa shape index (κ3) is 5.08. The van der Waals surface area contributed by atoms with E-state index in [1.165, 1.54) is 5.57 Å². The summed E-state index contributed by atoms with van der Waals surface area (Å²) in [6.45, 7) is 2.85. The van der Waals surface area contributed by atoms with Gasteiger partial charge in [0, 0.05) is 36.1 Å². The van der Waals surface area contributed by atoms with Gasteiger partial charge in [0.2, 0.25) is 0 Å². The monoisotopic (exact) mass is 402 g/mol. The minimum Gasteiger partial charge on any atom is -0.490 e. The molecule has 29 heavy (non-hydrogen) atoms. The summed E-state index contributed by atoms with van der Waals surface area (Å²) in [5.41, 5.74) is 3.40. The molecule has 2 N–H and O–H groups in total. The van der Waals surface area contributed by atoms with Gasteiger partial charge in [-0.15, -0.1) is 0 Å². The van der Waals surface area contributed by atoms with E-state index >= 15 is 0 Å². The van der Waals surface area contributed by atoms with Crippen LogP contribution < -0.4 is 9.47 Å². The highest BCUT2D eigenvalue weighted by atomic mass is 16.5. The second kappa shape index (κ2) is 10.1. The van der Waals surface area contributed by atoms with E-state index in [2.05, 4.69) is 13.0 Å². The summed E-state index contributed by atoms with van der Waals surface area (Å²) in [6.07, 6.45) is 2.29. The summed E-state index contributed by atoms with van der Waals surface area (Å²) < 4.78 is 22.2. The average Bonchev–Trinajstić information content (AvgIpc) is 2.71. The Balaban J connectivity index is 2.03. The predicted octanol–water partition coefficient (Wildman–Crippen LogP) is 2.66. The van der Waals surface area contributed by atoms with Gasteiger partial charge in [-0.1, -0.05) is 35.9 Å². The number of hydrogen-bond donors (Lipinski definition) is 2. The number of rotatable bonds is 10. The Hall–Kier alpha value is -2.12. The normalized spacial score (nSPS) is 15.6. The Morgan fingerprint density at radius 2 is 1.34 bits per heavy atom. The lowest BCUT2D eigenvalue weighted by molar-refractivity contribution is 0.0318. The van der Waals surface area contributed by atoms with Crippen molar-refractivity contribution < 1.29 is 29.2 Å². The molecule has 0 spiro atoms. The molecule has 2 aromatic rings.